The lowest BCUT2D eigenvalue weighted by Crippen LogP contribution is -2.22. The van der Waals surface area contributed by atoms with E-state index < -0.39 is 10.0 Å². The average Bonchev–Trinajstić information content (AvgIpc) is 3.09. The van der Waals surface area contributed by atoms with Gasteiger partial charge in [0, 0.05) is 27.2 Å². The van der Waals surface area contributed by atoms with Gasteiger partial charge in [-0.15, -0.1) is 0 Å². The molecule has 162 valence electrons. The Hall–Kier alpha value is -2.74. The van der Waals surface area contributed by atoms with E-state index in [0.29, 0.717) is 12.1 Å². The third-order valence-corrected chi connectivity index (χ3v) is 7.38. The van der Waals surface area contributed by atoms with Crippen molar-refractivity contribution in [2.45, 2.75) is 31.5 Å². The van der Waals surface area contributed by atoms with Crippen LogP contribution in [0.3, 0.4) is 0 Å². The highest BCUT2D eigenvalue weighted by molar-refractivity contribution is 7.89. The third-order valence-electron chi connectivity index (χ3n) is 5.57. The Kier molecular flexibility index (Phi) is 5.83. The number of imidazole rings is 1. The van der Waals surface area contributed by atoms with Crippen molar-refractivity contribution in [2.75, 3.05) is 21.1 Å². The van der Waals surface area contributed by atoms with Crippen LogP contribution in [0.4, 0.5) is 0 Å². The molecule has 3 aromatic carbocycles. The van der Waals surface area contributed by atoms with Crippen molar-refractivity contribution in [3.05, 3.63) is 72.1 Å². The van der Waals surface area contributed by atoms with Crippen LogP contribution >= 0.6 is 0 Å². The highest BCUT2D eigenvalue weighted by Crippen LogP contribution is 2.23. The Bertz CT molecular complexity index is 1340. The summed E-state index contributed by atoms with van der Waals surface area (Å²) in [5, 5.41) is 2.48. The molecular formula is C24H28N4O2S. The largest absolute Gasteiger partial charge is 0.327 e. The summed E-state index contributed by atoms with van der Waals surface area (Å²) in [6, 6.07) is 20.1. The molecule has 0 spiro atoms. The molecule has 6 nitrogen and oxygen atoms in total. The third kappa shape index (κ3) is 4.21. The minimum atomic E-state index is -3.49. The maximum atomic E-state index is 12.5. The van der Waals surface area contributed by atoms with Crippen molar-refractivity contribution in [3.8, 4) is 0 Å². The molecule has 0 bridgehead atoms. The van der Waals surface area contributed by atoms with Crippen LogP contribution in [0.5, 0.6) is 0 Å². The van der Waals surface area contributed by atoms with Crippen LogP contribution in [0.25, 0.3) is 21.8 Å². The summed E-state index contributed by atoms with van der Waals surface area (Å²) >= 11 is 0. The monoisotopic (exact) mass is 436 g/mol. The molecule has 0 atom stereocenters. The number of rotatable bonds is 7. The summed E-state index contributed by atoms with van der Waals surface area (Å²) in [5.74, 6) is 0.931. The van der Waals surface area contributed by atoms with Gasteiger partial charge in [-0.25, -0.2) is 17.7 Å². The Balaban J connectivity index is 1.60. The first-order chi connectivity index (χ1) is 14.8. The minimum Gasteiger partial charge on any atom is -0.327 e. The number of nitrogens with zero attached hydrogens (tertiary/aromatic N) is 4. The molecule has 1 heterocycles. The molecule has 4 rings (SSSR count). The highest BCUT2D eigenvalue weighted by Gasteiger charge is 2.20. The Morgan fingerprint density at radius 2 is 1.65 bits per heavy atom. The molecule has 0 aliphatic heterocycles. The van der Waals surface area contributed by atoms with Gasteiger partial charge in [-0.1, -0.05) is 36.4 Å². The van der Waals surface area contributed by atoms with E-state index in [1.54, 1.807) is 12.1 Å². The topological polar surface area (TPSA) is 58.4 Å². The number of benzene rings is 3. The molecule has 0 aliphatic rings. The summed E-state index contributed by atoms with van der Waals surface area (Å²) in [7, 11) is 1.67. The van der Waals surface area contributed by atoms with E-state index in [-0.39, 0.29) is 4.90 Å². The van der Waals surface area contributed by atoms with Gasteiger partial charge >= 0.3 is 0 Å². The van der Waals surface area contributed by atoms with E-state index >= 15 is 0 Å². The molecule has 0 N–H and O–H groups in total. The van der Waals surface area contributed by atoms with Crippen LogP contribution < -0.4 is 0 Å². The Morgan fingerprint density at radius 1 is 0.903 bits per heavy atom. The van der Waals surface area contributed by atoms with Gasteiger partial charge in [-0.2, -0.15) is 0 Å². The minimum absolute atomic E-state index is 0.266. The molecule has 4 aromatic rings. The lowest BCUT2D eigenvalue weighted by atomic mass is 10.1. The fourth-order valence-corrected chi connectivity index (χ4v) is 4.87. The summed E-state index contributed by atoms with van der Waals surface area (Å²) in [6.07, 6.45) is 0. The number of sulfonamides is 1. The molecule has 0 radical (unpaired) electrons. The van der Waals surface area contributed by atoms with Crippen molar-refractivity contribution in [1.29, 1.82) is 0 Å². The molecule has 7 heteroatoms. The predicted octanol–water partition coefficient (Wildman–Crippen LogP) is 4.09. The van der Waals surface area contributed by atoms with Crippen molar-refractivity contribution in [1.82, 2.24) is 18.8 Å². The van der Waals surface area contributed by atoms with E-state index in [4.69, 9.17) is 4.98 Å². The standard InChI is InChI=1S/C24H28N4O2S/c1-5-28-23-13-12-21(31(29,30)26(2)3)15-22(23)25-24(28)17-27(4)16-18-10-11-19-8-6-7-9-20(19)14-18/h6-15H,5,16-17H2,1-4H3. The van der Waals surface area contributed by atoms with E-state index in [0.717, 1.165) is 24.4 Å². The average molecular weight is 437 g/mol. The van der Waals surface area contributed by atoms with Crippen LogP contribution in [0, 0.1) is 0 Å². The number of aromatic nitrogens is 2. The number of hydrogen-bond acceptors (Lipinski definition) is 4. The summed E-state index contributed by atoms with van der Waals surface area (Å²) < 4.78 is 28.4. The molecule has 0 amide bonds. The molecule has 0 saturated heterocycles. The van der Waals surface area contributed by atoms with Crippen LogP contribution in [0.1, 0.15) is 18.3 Å². The van der Waals surface area contributed by atoms with Crippen molar-refractivity contribution >= 4 is 31.8 Å². The second-order valence-electron chi connectivity index (χ2n) is 8.06. The van der Waals surface area contributed by atoms with Crippen molar-refractivity contribution in [3.63, 3.8) is 0 Å². The smallest absolute Gasteiger partial charge is 0.242 e. The second-order valence-corrected chi connectivity index (χ2v) is 10.2. The van der Waals surface area contributed by atoms with Gasteiger partial charge in [0.05, 0.1) is 22.5 Å². The first kappa shape index (κ1) is 21.5. The Morgan fingerprint density at radius 3 is 2.35 bits per heavy atom. The van der Waals surface area contributed by atoms with Crippen LogP contribution in [-0.4, -0.2) is 48.3 Å². The fourth-order valence-electron chi connectivity index (χ4n) is 3.95. The highest BCUT2D eigenvalue weighted by atomic mass is 32.2. The first-order valence-electron chi connectivity index (χ1n) is 10.4. The number of fused-ring (bicyclic) bond motifs is 2. The molecule has 31 heavy (non-hydrogen) atoms. The van der Waals surface area contributed by atoms with Crippen LogP contribution in [0.2, 0.25) is 0 Å². The van der Waals surface area contributed by atoms with Gasteiger partial charge < -0.3 is 4.57 Å². The van der Waals surface area contributed by atoms with Gasteiger partial charge in [0.1, 0.15) is 5.82 Å². The maximum Gasteiger partial charge on any atom is 0.242 e. The van der Waals surface area contributed by atoms with Gasteiger partial charge in [0.15, 0.2) is 0 Å². The first-order valence-corrected chi connectivity index (χ1v) is 11.8. The second kappa shape index (κ2) is 8.42. The van der Waals surface area contributed by atoms with Gasteiger partial charge in [-0.05, 0) is 54.6 Å². The maximum absolute atomic E-state index is 12.5. The van der Waals surface area contributed by atoms with Crippen molar-refractivity contribution < 1.29 is 8.42 Å². The fraction of sp³-hybridized carbons (Fsp3) is 0.292. The SMILES string of the molecule is CCn1c(CN(C)Cc2ccc3ccccc3c2)nc2cc(S(=O)(=O)N(C)C)ccc21. The van der Waals surface area contributed by atoms with E-state index in [9.17, 15) is 8.42 Å². The zero-order chi connectivity index (χ0) is 22.2. The van der Waals surface area contributed by atoms with Gasteiger partial charge in [0.2, 0.25) is 10.0 Å². The quantitative estimate of drug-likeness (QED) is 0.438. The zero-order valence-electron chi connectivity index (χ0n) is 18.4. The van der Waals surface area contributed by atoms with E-state index in [1.807, 2.05) is 6.07 Å². The summed E-state index contributed by atoms with van der Waals surface area (Å²) in [6.45, 7) is 4.33. The lowest BCUT2D eigenvalue weighted by molar-refractivity contribution is 0.306. The summed E-state index contributed by atoms with van der Waals surface area (Å²) in [5.41, 5.74) is 2.91. The molecule has 0 unspecified atom stereocenters. The molecule has 0 saturated carbocycles. The van der Waals surface area contributed by atoms with Crippen LogP contribution in [-0.2, 0) is 29.7 Å². The normalized spacial score (nSPS) is 12.5. The lowest BCUT2D eigenvalue weighted by Gasteiger charge is -2.17. The zero-order valence-corrected chi connectivity index (χ0v) is 19.2. The van der Waals surface area contributed by atoms with E-state index in [2.05, 4.69) is 65.9 Å². The molecular weight excluding hydrogens is 408 g/mol. The number of hydrogen-bond donors (Lipinski definition) is 0. The van der Waals surface area contributed by atoms with Crippen LogP contribution in [0.15, 0.2) is 65.6 Å². The summed E-state index contributed by atoms with van der Waals surface area (Å²) in [4.78, 5) is 7.28. The Labute approximate surface area is 183 Å². The van der Waals surface area contributed by atoms with Gasteiger partial charge in [-0.3, -0.25) is 4.90 Å². The molecule has 0 aliphatic carbocycles. The van der Waals surface area contributed by atoms with E-state index in [1.165, 1.54) is 34.7 Å². The predicted molar refractivity (Wildman–Crippen MR) is 125 cm³/mol. The van der Waals surface area contributed by atoms with Crippen molar-refractivity contribution in [2.24, 2.45) is 0 Å². The molecule has 0 fully saturated rings. The van der Waals surface area contributed by atoms with Gasteiger partial charge in [0.25, 0.3) is 0 Å². The molecule has 1 aromatic heterocycles. The number of aryl methyl sites for hydroxylation is 1.